The molecule has 9 heteroatoms. The van der Waals surface area contributed by atoms with Crippen LogP contribution in [0.2, 0.25) is 0 Å². The average Bonchev–Trinajstić information content (AvgIpc) is 3.03. The summed E-state index contributed by atoms with van der Waals surface area (Å²) in [5, 5.41) is 15.7. The zero-order chi connectivity index (χ0) is 18.5. The van der Waals surface area contributed by atoms with Crippen molar-refractivity contribution in [3.05, 3.63) is 64.8 Å². The van der Waals surface area contributed by atoms with E-state index in [2.05, 4.69) is 10.1 Å². The normalized spacial score (nSPS) is 16.9. The van der Waals surface area contributed by atoms with Gasteiger partial charge in [0.05, 0.1) is 17.0 Å². The topological polar surface area (TPSA) is 101 Å². The number of hydrogen-bond donors (Lipinski definition) is 2. The Kier molecular flexibility index (Phi) is 3.37. The predicted molar refractivity (Wildman–Crippen MR) is 84.6 cm³/mol. The second-order valence-electron chi connectivity index (χ2n) is 5.66. The molecule has 26 heavy (non-hydrogen) atoms. The lowest BCUT2D eigenvalue weighted by Crippen LogP contribution is -2.23. The molecule has 3 heterocycles. The van der Waals surface area contributed by atoms with E-state index in [1.54, 1.807) is 30.3 Å². The molecule has 1 aromatic carbocycles. The number of hydrogen-bond acceptors (Lipinski definition) is 5. The molecule has 0 radical (unpaired) electrons. The number of aromatic nitrogens is 3. The molecule has 3 aromatic rings. The van der Waals surface area contributed by atoms with E-state index in [-0.39, 0.29) is 22.9 Å². The van der Waals surface area contributed by atoms with Gasteiger partial charge in [-0.25, -0.2) is 0 Å². The first-order valence-electron chi connectivity index (χ1n) is 7.48. The number of rotatable bonds is 1. The maximum Gasteiger partial charge on any atom is 0.433 e. The molecule has 0 fully saturated rings. The molecule has 1 atom stereocenters. The Morgan fingerprint density at radius 1 is 1.23 bits per heavy atom. The van der Waals surface area contributed by atoms with E-state index >= 15 is 0 Å². The molecule has 2 aromatic heterocycles. The second-order valence-corrected chi connectivity index (χ2v) is 5.66. The molecule has 4 rings (SSSR count). The number of pyridine rings is 1. The third-order valence-electron chi connectivity index (χ3n) is 4.22. The van der Waals surface area contributed by atoms with Crippen LogP contribution >= 0.6 is 0 Å². The van der Waals surface area contributed by atoms with E-state index < -0.39 is 17.8 Å². The smallest absolute Gasteiger partial charge is 0.420 e. The molecule has 1 aliphatic rings. The summed E-state index contributed by atoms with van der Waals surface area (Å²) in [7, 11) is 0. The Labute approximate surface area is 144 Å². The van der Waals surface area contributed by atoms with Crippen molar-refractivity contribution in [2.75, 3.05) is 0 Å². The second kappa shape index (κ2) is 5.49. The van der Waals surface area contributed by atoms with Crippen LogP contribution in [0.15, 0.2) is 48.0 Å². The quantitative estimate of drug-likeness (QED) is 0.697. The minimum Gasteiger partial charge on any atom is -0.420 e. The van der Waals surface area contributed by atoms with Crippen LogP contribution in [-0.4, -0.2) is 15.2 Å². The van der Waals surface area contributed by atoms with Gasteiger partial charge >= 0.3 is 6.18 Å². The molecule has 1 aliphatic heterocycles. The zero-order valence-electron chi connectivity index (χ0n) is 13.0. The number of fused-ring (bicyclic) bond motifs is 2. The number of alkyl halides is 3. The van der Waals surface area contributed by atoms with Crippen LogP contribution in [0.1, 0.15) is 22.7 Å². The van der Waals surface area contributed by atoms with Gasteiger partial charge in [0.15, 0.2) is 0 Å². The van der Waals surface area contributed by atoms with Crippen LogP contribution < -0.4 is 10.5 Å². The first-order valence-corrected chi connectivity index (χ1v) is 7.48. The summed E-state index contributed by atoms with van der Waals surface area (Å²) in [5.74, 6) is -1.64. The van der Waals surface area contributed by atoms with Gasteiger partial charge in [-0.3, -0.25) is 10.1 Å². The van der Waals surface area contributed by atoms with Crippen LogP contribution in [0.5, 0.6) is 5.88 Å². The van der Waals surface area contributed by atoms with Crippen LogP contribution in [0.3, 0.4) is 0 Å². The van der Waals surface area contributed by atoms with Crippen molar-refractivity contribution in [1.29, 1.82) is 5.26 Å². The Morgan fingerprint density at radius 2 is 2.00 bits per heavy atom. The van der Waals surface area contributed by atoms with Gasteiger partial charge in [-0.1, -0.05) is 18.2 Å². The Morgan fingerprint density at radius 3 is 2.73 bits per heavy atom. The Balaban J connectivity index is 2.06. The fourth-order valence-electron chi connectivity index (χ4n) is 3.14. The van der Waals surface area contributed by atoms with Gasteiger partial charge in [0, 0.05) is 11.6 Å². The maximum absolute atomic E-state index is 13.5. The van der Waals surface area contributed by atoms with Crippen molar-refractivity contribution in [3.8, 4) is 11.9 Å². The van der Waals surface area contributed by atoms with E-state index in [9.17, 15) is 18.4 Å². The van der Waals surface area contributed by atoms with Crippen molar-refractivity contribution in [3.63, 3.8) is 0 Å². The summed E-state index contributed by atoms with van der Waals surface area (Å²) in [5.41, 5.74) is 5.39. The van der Waals surface area contributed by atoms with E-state index in [1.165, 1.54) is 6.20 Å². The lowest BCUT2D eigenvalue weighted by molar-refractivity contribution is -0.141. The lowest BCUT2D eigenvalue weighted by Gasteiger charge is -2.25. The largest absolute Gasteiger partial charge is 0.433 e. The minimum atomic E-state index is -4.70. The molecule has 3 N–H and O–H groups in total. The highest BCUT2D eigenvalue weighted by Gasteiger charge is 2.44. The molecule has 0 saturated carbocycles. The summed E-state index contributed by atoms with van der Waals surface area (Å²) in [6, 6.07) is 10.4. The summed E-state index contributed by atoms with van der Waals surface area (Å²) in [6.45, 7) is 0. The zero-order valence-corrected chi connectivity index (χ0v) is 13.0. The predicted octanol–water partition coefficient (Wildman–Crippen LogP) is 3.19. The number of ether oxygens (including phenoxy) is 1. The first-order chi connectivity index (χ1) is 12.4. The van der Waals surface area contributed by atoms with Gasteiger partial charge in [0.1, 0.15) is 17.3 Å². The summed E-state index contributed by atoms with van der Waals surface area (Å²) in [4.78, 5) is 4.21. The van der Waals surface area contributed by atoms with Crippen molar-refractivity contribution in [2.45, 2.75) is 12.1 Å². The first kappa shape index (κ1) is 16.0. The monoisotopic (exact) mass is 357 g/mol. The number of nitriles is 1. The van der Waals surface area contributed by atoms with Gasteiger partial charge in [0.2, 0.25) is 11.8 Å². The summed E-state index contributed by atoms with van der Waals surface area (Å²) >= 11 is 0. The molecular formula is C17H10F3N5O. The number of nitrogens with zero attached hydrogens (tertiary/aromatic N) is 3. The van der Waals surface area contributed by atoms with E-state index in [1.807, 2.05) is 11.2 Å². The molecule has 0 amide bonds. The van der Waals surface area contributed by atoms with Gasteiger partial charge < -0.3 is 10.5 Å². The van der Waals surface area contributed by atoms with E-state index in [4.69, 9.17) is 10.5 Å². The molecular weight excluding hydrogens is 347 g/mol. The standard InChI is InChI=1S/C17H10F3N5O/c18-17(19,20)14-13-12(10(7-21)15(22)26-16(13)25-24-14)9-5-6-23-11-4-2-1-3-8(9)11/h1-6,12H,22H2,(H,24,25)/t12-/m1/s1. The number of halogens is 3. The van der Waals surface area contributed by atoms with Crippen molar-refractivity contribution in [1.82, 2.24) is 15.2 Å². The molecule has 0 bridgehead atoms. The number of para-hydroxylation sites is 1. The van der Waals surface area contributed by atoms with Crippen molar-refractivity contribution in [2.24, 2.45) is 5.73 Å². The van der Waals surface area contributed by atoms with Crippen LogP contribution in [0, 0.1) is 11.3 Å². The molecule has 0 saturated heterocycles. The fraction of sp³-hybridized carbons (Fsp3) is 0.118. The average molecular weight is 357 g/mol. The third-order valence-corrected chi connectivity index (χ3v) is 4.22. The van der Waals surface area contributed by atoms with Crippen LogP contribution in [0.25, 0.3) is 10.9 Å². The number of aromatic amines is 1. The number of allylic oxidation sites excluding steroid dienone is 1. The fourth-order valence-corrected chi connectivity index (χ4v) is 3.14. The number of nitrogens with two attached hydrogens (primary N) is 1. The number of benzene rings is 1. The van der Waals surface area contributed by atoms with Gasteiger partial charge in [-0.2, -0.15) is 18.4 Å². The summed E-state index contributed by atoms with van der Waals surface area (Å²) in [6.07, 6.45) is -3.22. The highest BCUT2D eigenvalue weighted by atomic mass is 19.4. The van der Waals surface area contributed by atoms with Crippen LogP contribution in [-0.2, 0) is 6.18 Å². The molecule has 0 unspecified atom stereocenters. The van der Waals surface area contributed by atoms with Gasteiger partial charge in [-0.05, 0) is 17.7 Å². The Hall–Kier alpha value is -3.54. The molecule has 6 nitrogen and oxygen atoms in total. The van der Waals surface area contributed by atoms with E-state index in [0.717, 1.165) is 0 Å². The summed E-state index contributed by atoms with van der Waals surface area (Å²) < 4.78 is 45.6. The van der Waals surface area contributed by atoms with E-state index in [0.29, 0.717) is 16.5 Å². The minimum absolute atomic E-state index is 0.110. The lowest BCUT2D eigenvalue weighted by atomic mass is 9.82. The Bertz CT molecular complexity index is 1090. The van der Waals surface area contributed by atoms with Crippen molar-refractivity contribution >= 4 is 10.9 Å². The van der Waals surface area contributed by atoms with Crippen LogP contribution in [0.4, 0.5) is 13.2 Å². The molecule has 0 aliphatic carbocycles. The van der Waals surface area contributed by atoms with Gasteiger partial charge in [0.25, 0.3) is 0 Å². The number of H-pyrrole nitrogens is 1. The van der Waals surface area contributed by atoms with Crippen molar-refractivity contribution < 1.29 is 17.9 Å². The third kappa shape index (κ3) is 2.27. The highest BCUT2D eigenvalue weighted by Crippen LogP contribution is 2.47. The molecule has 130 valence electrons. The molecule has 0 spiro atoms. The number of nitrogens with one attached hydrogen (secondary N) is 1. The highest BCUT2D eigenvalue weighted by molar-refractivity contribution is 5.84. The maximum atomic E-state index is 13.5. The SMILES string of the molecule is N#CC1=C(N)Oc2n[nH]c(C(F)(F)F)c2[C@@H]1c1ccnc2ccccc12. The van der Waals surface area contributed by atoms with Gasteiger partial charge in [-0.15, -0.1) is 5.10 Å².